The van der Waals surface area contributed by atoms with Crippen molar-refractivity contribution >= 4 is 28.3 Å². The Balaban J connectivity index is 1.91. The lowest BCUT2D eigenvalue weighted by Gasteiger charge is -2.28. The number of fused-ring (bicyclic) bond motifs is 1. The molecule has 28 heavy (non-hydrogen) atoms. The molecule has 0 unspecified atom stereocenters. The summed E-state index contributed by atoms with van der Waals surface area (Å²) < 4.78 is 5.46. The van der Waals surface area contributed by atoms with Crippen LogP contribution in [0.25, 0.3) is 21.9 Å². The number of benzene rings is 3. The summed E-state index contributed by atoms with van der Waals surface area (Å²) in [5, 5.41) is 12.5. The molecule has 3 aromatic carbocycles. The predicted molar refractivity (Wildman–Crippen MR) is 112 cm³/mol. The molecule has 0 saturated carbocycles. The maximum absolute atomic E-state index is 11.7. The molecule has 1 saturated heterocycles. The van der Waals surface area contributed by atoms with Crippen LogP contribution in [-0.4, -0.2) is 42.3 Å². The Kier molecular flexibility index (Phi) is 5.62. The Morgan fingerprint density at radius 1 is 1.07 bits per heavy atom. The van der Waals surface area contributed by atoms with Crippen LogP contribution in [0.15, 0.2) is 54.6 Å². The quantitative estimate of drug-likeness (QED) is 0.684. The summed E-state index contributed by atoms with van der Waals surface area (Å²) in [5.41, 5.74) is 3.91. The average Bonchev–Trinajstić information content (AvgIpc) is 2.70. The average molecular weight is 396 g/mol. The molecule has 4 nitrogen and oxygen atoms in total. The van der Waals surface area contributed by atoms with Gasteiger partial charge in [-0.2, -0.15) is 0 Å². The first-order chi connectivity index (χ1) is 13.6. The van der Waals surface area contributed by atoms with E-state index < -0.39 is 5.97 Å². The molecule has 3 aromatic rings. The summed E-state index contributed by atoms with van der Waals surface area (Å²) >= 11 is 6.09. The monoisotopic (exact) mass is 395 g/mol. The second-order valence-corrected chi connectivity index (χ2v) is 7.51. The smallest absolute Gasteiger partial charge is 0.307 e. The van der Waals surface area contributed by atoms with Gasteiger partial charge in [0.2, 0.25) is 0 Å². The minimum atomic E-state index is -0.825. The van der Waals surface area contributed by atoms with E-state index in [0.717, 1.165) is 52.7 Å². The van der Waals surface area contributed by atoms with E-state index in [2.05, 4.69) is 23.1 Å². The van der Waals surface area contributed by atoms with Gasteiger partial charge in [0.05, 0.1) is 19.6 Å². The number of ether oxygens (including phenoxy) is 1. The van der Waals surface area contributed by atoms with Gasteiger partial charge in [-0.1, -0.05) is 48.0 Å². The van der Waals surface area contributed by atoms with Crippen LogP contribution in [-0.2, 0) is 22.5 Å². The topological polar surface area (TPSA) is 49.8 Å². The number of carbonyl (C=O) groups is 1. The van der Waals surface area contributed by atoms with Gasteiger partial charge in [0.15, 0.2) is 0 Å². The summed E-state index contributed by atoms with van der Waals surface area (Å²) in [6, 6.07) is 17.9. The van der Waals surface area contributed by atoms with Crippen molar-refractivity contribution in [3.05, 3.63) is 70.7 Å². The van der Waals surface area contributed by atoms with E-state index in [9.17, 15) is 9.90 Å². The van der Waals surface area contributed by atoms with E-state index in [-0.39, 0.29) is 6.42 Å². The maximum Gasteiger partial charge on any atom is 0.307 e. The number of rotatable bonds is 5. The van der Waals surface area contributed by atoms with Crippen molar-refractivity contribution in [1.82, 2.24) is 4.90 Å². The Bertz CT molecular complexity index is 995. The van der Waals surface area contributed by atoms with Crippen molar-refractivity contribution in [1.29, 1.82) is 0 Å². The van der Waals surface area contributed by atoms with Crippen LogP contribution in [0.4, 0.5) is 0 Å². The molecule has 1 aliphatic heterocycles. The molecular formula is C23H22ClNO3. The van der Waals surface area contributed by atoms with Crippen LogP contribution < -0.4 is 0 Å². The zero-order valence-corrected chi connectivity index (χ0v) is 16.3. The van der Waals surface area contributed by atoms with Gasteiger partial charge in [0, 0.05) is 24.7 Å². The van der Waals surface area contributed by atoms with E-state index in [1.807, 2.05) is 36.4 Å². The normalized spacial score (nSPS) is 15.0. The Morgan fingerprint density at radius 3 is 2.50 bits per heavy atom. The number of hydrogen-bond donors (Lipinski definition) is 1. The number of carboxylic acids is 1. The second-order valence-electron chi connectivity index (χ2n) is 7.08. The third-order valence-electron chi connectivity index (χ3n) is 5.21. The van der Waals surface area contributed by atoms with Gasteiger partial charge in [0.1, 0.15) is 0 Å². The first-order valence-electron chi connectivity index (χ1n) is 9.43. The van der Waals surface area contributed by atoms with E-state index in [0.29, 0.717) is 18.2 Å². The number of morpholine rings is 1. The van der Waals surface area contributed by atoms with Gasteiger partial charge in [0.25, 0.3) is 0 Å². The lowest BCUT2D eigenvalue weighted by Crippen LogP contribution is -2.36. The van der Waals surface area contributed by atoms with Crippen LogP contribution in [0.3, 0.4) is 0 Å². The molecule has 0 aromatic heterocycles. The molecule has 0 atom stereocenters. The van der Waals surface area contributed by atoms with Gasteiger partial charge < -0.3 is 9.84 Å². The molecule has 4 rings (SSSR count). The van der Waals surface area contributed by atoms with Crippen molar-refractivity contribution in [3.63, 3.8) is 0 Å². The highest BCUT2D eigenvalue weighted by Gasteiger charge is 2.20. The molecule has 0 radical (unpaired) electrons. The lowest BCUT2D eigenvalue weighted by atomic mass is 9.88. The third-order valence-corrected chi connectivity index (χ3v) is 5.46. The van der Waals surface area contributed by atoms with Crippen molar-refractivity contribution in [3.8, 4) is 11.1 Å². The van der Waals surface area contributed by atoms with Crippen molar-refractivity contribution < 1.29 is 14.6 Å². The zero-order chi connectivity index (χ0) is 19.5. The van der Waals surface area contributed by atoms with Crippen molar-refractivity contribution in [2.24, 2.45) is 0 Å². The Labute approximate surface area is 169 Å². The summed E-state index contributed by atoms with van der Waals surface area (Å²) in [6.07, 6.45) is -0.0114. The number of aliphatic carboxylic acids is 1. The Morgan fingerprint density at radius 2 is 1.79 bits per heavy atom. The minimum absolute atomic E-state index is 0.0114. The SMILES string of the molecule is O=C(O)Cc1c(CN2CCOCC2)cc2ccccc2c1-c1ccc(Cl)cc1. The molecule has 0 spiro atoms. The summed E-state index contributed by atoms with van der Waals surface area (Å²) in [5.74, 6) is -0.825. The molecular weight excluding hydrogens is 374 g/mol. The van der Waals surface area contributed by atoms with Gasteiger partial charge in [-0.05, 0) is 51.2 Å². The fourth-order valence-corrected chi connectivity index (χ4v) is 4.02. The predicted octanol–water partition coefficient (Wildman–Crippen LogP) is 4.62. The molecule has 0 aliphatic carbocycles. The highest BCUT2D eigenvalue weighted by molar-refractivity contribution is 6.30. The maximum atomic E-state index is 11.7. The van der Waals surface area contributed by atoms with Crippen LogP contribution in [0.2, 0.25) is 5.02 Å². The van der Waals surface area contributed by atoms with Crippen LogP contribution in [0.5, 0.6) is 0 Å². The van der Waals surface area contributed by atoms with E-state index in [4.69, 9.17) is 16.3 Å². The summed E-state index contributed by atoms with van der Waals surface area (Å²) in [7, 11) is 0. The highest BCUT2D eigenvalue weighted by Crippen LogP contribution is 2.36. The minimum Gasteiger partial charge on any atom is -0.481 e. The standard InChI is InChI=1S/C23H22ClNO3/c24-19-7-5-16(6-8-19)23-20-4-2-1-3-17(20)13-18(21(23)14-22(26)27)15-25-9-11-28-12-10-25/h1-8,13H,9-12,14-15H2,(H,26,27). The first kappa shape index (κ1) is 18.9. The van der Waals surface area contributed by atoms with Crippen LogP contribution in [0, 0.1) is 0 Å². The van der Waals surface area contributed by atoms with Crippen LogP contribution >= 0.6 is 11.6 Å². The van der Waals surface area contributed by atoms with Gasteiger partial charge in [-0.15, -0.1) is 0 Å². The third kappa shape index (κ3) is 4.04. The van der Waals surface area contributed by atoms with Crippen LogP contribution in [0.1, 0.15) is 11.1 Å². The van der Waals surface area contributed by atoms with E-state index >= 15 is 0 Å². The molecule has 1 N–H and O–H groups in total. The molecule has 0 bridgehead atoms. The fraction of sp³-hybridized carbons (Fsp3) is 0.261. The summed E-state index contributed by atoms with van der Waals surface area (Å²) in [4.78, 5) is 14.1. The van der Waals surface area contributed by atoms with E-state index in [1.165, 1.54) is 0 Å². The fourth-order valence-electron chi connectivity index (χ4n) is 3.89. The zero-order valence-electron chi connectivity index (χ0n) is 15.5. The van der Waals surface area contributed by atoms with E-state index in [1.54, 1.807) is 0 Å². The number of halogens is 1. The number of hydrogen-bond acceptors (Lipinski definition) is 3. The molecule has 0 amide bonds. The first-order valence-corrected chi connectivity index (χ1v) is 9.81. The summed E-state index contributed by atoms with van der Waals surface area (Å²) in [6.45, 7) is 3.86. The van der Waals surface area contributed by atoms with Crippen molar-refractivity contribution in [2.45, 2.75) is 13.0 Å². The highest BCUT2D eigenvalue weighted by atomic mass is 35.5. The van der Waals surface area contributed by atoms with Crippen molar-refractivity contribution in [2.75, 3.05) is 26.3 Å². The molecule has 1 fully saturated rings. The largest absolute Gasteiger partial charge is 0.481 e. The Hall–Kier alpha value is -2.40. The number of carboxylic acid groups (broad SMARTS) is 1. The lowest BCUT2D eigenvalue weighted by molar-refractivity contribution is -0.136. The van der Waals surface area contributed by atoms with Gasteiger partial charge in [-0.3, -0.25) is 9.69 Å². The molecule has 1 heterocycles. The van der Waals surface area contributed by atoms with Gasteiger partial charge in [-0.25, -0.2) is 0 Å². The second kappa shape index (κ2) is 8.31. The molecule has 144 valence electrons. The molecule has 5 heteroatoms. The van der Waals surface area contributed by atoms with Gasteiger partial charge >= 0.3 is 5.97 Å². The molecule has 1 aliphatic rings. The number of nitrogens with zero attached hydrogens (tertiary/aromatic N) is 1.